The Morgan fingerprint density at radius 1 is 1.19 bits per heavy atom. The van der Waals surface area contributed by atoms with Gasteiger partial charge in [0, 0.05) is 23.8 Å². The van der Waals surface area contributed by atoms with Crippen molar-refractivity contribution in [2.75, 3.05) is 25.0 Å². The number of likely N-dealkylation sites (tertiary alicyclic amines) is 1. The molecule has 0 radical (unpaired) electrons. The maximum absolute atomic E-state index is 13.3. The van der Waals surface area contributed by atoms with Gasteiger partial charge in [0.2, 0.25) is 0 Å². The number of aromatic amines is 1. The monoisotopic (exact) mass is 432 g/mol. The molecular formula is C26H32N4O2. The first-order valence-corrected chi connectivity index (χ1v) is 11.4. The maximum Gasteiger partial charge on any atom is 0.322 e. The fourth-order valence-corrected chi connectivity index (χ4v) is 4.77. The van der Waals surface area contributed by atoms with Crippen LogP contribution in [0.5, 0.6) is 0 Å². The van der Waals surface area contributed by atoms with Crippen LogP contribution >= 0.6 is 0 Å². The van der Waals surface area contributed by atoms with Gasteiger partial charge in [0.05, 0.1) is 12.1 Å². The number of H-pyrrole nitrogens is 1. The molecule has 1 saturated heterocycles. The smallest absolute Gasteiger partial charge is 0.321 e. The van der Waals surface area contributed by atoms with Crippen LogP contribution in [0.15, 0.2) is 53.3 Å². The third-order valence-electron chi connectivity index (χ3n) is 6.38. The number of aromatic nitrogens is 1. The van der Waals surface area contributed by atoms with E-state index in [1.807, 2.05) is 43.3 Å². The summed E-state index contributed by atoms with van der Waals surface area (Å²) in [6, 6.07) is 15.7. The third kappa shape index (κ3) is 4.86. The lowest BCUT2D eigenvalue weighted by Crippen LogP contribution is -2.45. The van der Waals surface area contributed by atoms with E-state index < -0.39 is 0 Å². The van der Waals surface area contributed by atoms with Gasteiger partial charge in [0.1, 0.15) is 0 Å². The molecule has 0 aliphatic carbocycles. The molecule has 2 aromatic carbocycles. The average molecular weight is 433 g/mol. The van der Waals surface area contributed by atoms with Crippen molar-refractivity contribution < 1.29 is 4.79 Å². The minimum Gasteiger partial charge on any atom is -0.321 e. The van der Waals surface area contributed by atoms with E-state index in [0.29, 0.717) is 18.2 Å². The fourth-order valence-electron chi connectivity index (χ4n) is 4.77. The molecule has 0 spiro atoms. The second-order valence-electron chi connectivity index (χ2n) is 8.77. The van der Waals surface area contributed by atoms with Gasteiger partial charge in [-0.05, 0) is 75.0 Å². The molecule has 1 aliphatic heterocycles. The predicted molar refractivity (Wildman–Crippen MR) is 130 cm³/mol. The Hall–Kier alpha value is -3.12. The Bertz CT molecular complexity index is 1160. The number of hydrogen-bond acceptors (Lipinski definition) is 3. The molecule has 2 N–H and O–H groups in total. The predicted octanol–water partition coefficient (Wildman–Crippen LogP) is 4.66. The molecule has 0 saturated carbocycles. The minimum atomic E-state index is -0.181. The number of nitrogens with one attached hydrogen (secondary N) is 2. The van der Waals surface area contributed by atoms with E-state index in [4.69, 9.17) is 0 Å². The normalized spacial score (nSPS) is 16.4. The van der Waals surface area contributed by atoms with Crippen molar-refractivity contribution >= 4 is 22.6 Å². The van der Waals surface area contributed by atoms with Crippen LogP contribution in [0, 0.1) is 13.8 Å². The van der Waals surface area contributed by atoms with E-state index in [9.17, 15) is 9.59 Å². The van der Waals surface area contributed by atoms with E-state index in [-0.39, 0.29) is 18.1 Å². The highest BCUT2D eigenvalue weighted by Gasteiger charge is 2.28. The van der Waals surface area contributed by atoms with Crippen LogP contribution in [0.2, 0.25) is 0 Å². The number of nitrogens with zero attached hydrogens (tertiary/aromatic N) is 2. The maximum atomic E-state index is 13.3. The summed E-state index contributed by atoms with van der Waals surface area (Å²) in [5.41, 5.74) is 4.27. The van der Waals surface area contributed by atoms with E-state index in [1.54, 1.807) is 4.90 Å². The largest absolute Gasteiger partial charge is 0.322 e. The number of pyridine rings is 1. The van der Waals surface area contributed by atoms with Crippen molar-refractivity contribution in [1.82, 2.24) is 14.8 Å². The lowest BCUT2D eigenvalue weighted by atomic mass is 10.0. The SMILES string of the molecule is CCN1CCC[C@H]1CN(Cc1cc2cc(C)cc(C)c2[nH]c1=O)C(=O)Nc1ccccc1. The van der Waals surface area contributed by atoms with Gasteiger partial charge in [-0.2, -0.15) is 0 Å². The van der Waals surface area contributed by atoms with Crippen molar-refractivity contribution in [1.29, 1.82) is 0 Å². The number of aryl methyl sites for hydroxylation is 2. The second-order valence-corrected chi connectivity index (χ2v) is 8.77. The Balaban J connectivity index is 1.64. The van der Waals surface area contributed by atoms with Crippen molar-refractivity contribution in [3.05, 3.63) is 75.6 Å². The lowest BCUT2D eigenvalue weighted by Gasteiger charge is -2.30. The molecule has 1 fully saturated rings. The number of fused-ring (bicyclic) bond motifs is 1. The molecule has 0 unspecified atom stereocenters. The van der Waals surface area contributed by atoms with Gasteiger partial charge in [0.15, 0.2) is 0 Å². The molecule has 4 rings (SSSR count). The van der Waals surface area contributed by atoms with Gasteiger partial charge in [-0.15, -0.1) is 0 Å². The first kappa shape index (κ1) is 22.1. The first-order chi connectivity index (χ1) is 15.4. The van der Waals surface area contributed by atoms with Crippen LogP contribution in [0.3, 0.4) is 0 Å². The van der Waals surface area contributed by atoms with Crippen LogP contribution in [0.4, 0.5) is 10.5 Å². The summed E-state index contributed by atoms with van der Waals surface area (Å²) < 4.78 is 0. The molecule has 2 amide bonds. The molecule has 6 nitrogen and oxygen atoms in total. The lowest BCUT2D eigenvalue weighted by molar-refractivity contribution is 0.174. The summed E-state index contributed by atoms with van der Waals surface area (Å²) in [7, 11) is 0. The second kappa shape index (κ2) is 9.57. The zero-order valence-corrected chi connectivity index (χ0v) is 19.1. The summed E-state index contributed by atoms with van der Waals surface area (Å²) in [4.78, 5) is 33.4. The minimum absolute atomic E-state index is 0.138. The number of urea groups is 1. The van der Waals surface area contributed by atoms with Gasteiger partial charge < -0.3 is 15.2 Å². The summed E-state index contributed by atoms with van der Waals surface area (Å²) in [6.45, 7) is 9.10. The summed E-state index contributed by atoms with van der Waals surface area (Å²) >= 11 is 0. The van der Waals surface area contributed by atoms with E-state index in [0.717, 1.165) is 53.6 Å². The van der Waals surface area contributed by atoms with Crippen LogP contribution in [0.25, 0.3) is 10.9 Å². The highest BCUT2D eigenvalue weighted by molar-refractivity contribution is 5.89. The van der Waals surface area contributed by atoms with Crippen molar-refractivity contribution in [2.45, 2.75) is 46.2 Å². The number of anilines is 1. The van der Waals surface area contributed by atoms with Crippen LogP contribution in [0.1, 0.15) is 36.5 Å². The molecule has 168 valence electrons. The Labute approximate surface area is 189 Å². The van der Waals surface area contributed by atoms with Crippen molar-refractivity contribution in [2.24, 2.45) is 0 Å². The van der Waals surface area contributed by atoms with Crippen LogP contribution < -0.4 is 10.9 Å². The highest BCUT2D eigenvalue weighted by Crippen LogP contribution is 2.21. The van der Waals surface area contributed by atoms with E-state index in [1.165, 1.54) is 0 Å². The molecular weight excluding hydrogens is 400 g/mol. The van der Waals surface area contributed by atoms with Gasteiger partial charge in [-0.3, -0.25) is 9.69 Å². The Morgan fingerprint density at radius 2 is 1.97 bits per heavy atom. The van der Waals surface area contributed by atoms with E-state index in [2.05, 4.69) is 41.2 Å². The van der Waals surface area contributed by atoms with Gasteiger partial charge >= 0.3 is 6.03 Å². The van der Waals surface area contributed by atoms with Gasteiger partial charge in [-0.1, -0.05) is 36.8 Å². The molecule has 1 aromatic heterocycles. The molecule has 2 heterocycles. The number of carbonyl (C=O) groups excluding carboxylic acids is 1. The Kier molecular flexibility index (Phi) is 6.61. The standard InChI is InChI=1S/C26H32N4O2/c1-4-29-12-8-11-23(29)17-30(26(32)27-22-9-6-5-7-10-22)16-21-15-20-14-18(2)13-19(3)24(20)28-25(21)31/h5-7,9-10,13-15,23H,4,8,11-12,16-17H2,1-3H3,(H,27,32)(H,28,31)/t23-/m0/s1. The molecule has 1 atom stereocenters. The number of rotatable bonds is 6. The number of para-hydroxylation sites is 1. The van der Waals surface area contributed by atoms with Gasteiger partial charge in [-0.25, -0.2) is 4.79 Å². The first-order valence-electron chi connectivity index (χ1n) is 11.4. The molecule has 32 heavy (non-hydrogen) atoms. The molecule has 3 aromatic rings. The molecule has 1 aliphatic rings. The molecule has 0 bridgehead atoms. The zero-order valence-electron chi connectivity index (χ0n) is 19.1. The summed E-state index contributed by atoms with van der Waals surface area (Å²) in [5.74, 6) is 0. The number of benzene rings is 2. The summed E-state index contributed by atoms with van der Waals surface area (Å²) in [5, 5.41) is 4.00. The number of hydrogen-bond donors (Lipinski definition) is 2. The van der Waals surface area contributed by atoms with Crippen molar-refractivity contribution in [3.63, 3.8) is 0 Å². The average Bonchev–Trinajstić information content (AvgIpc) is 3.22. The van der Waals surface area contributed by atoms with Gasteiger partial charge in [0.25, 0.3) is 5.56 Å². The van der Waals surface area contributed by atoms with Crippen molar-refractivity contribution in [3.8, 4) is 0 Å². The number of amides is 2. The third-order valence-corrected chi connectivity index (χ3v) is 6.38. The molecule has 6 heteroatoms. The van der Waals surface area contributed by atoms with Crippen LogP contribution in [-0.4, -0.2) is 46.5 Å². The van der Waals surface area contributed by atoms with Crippen LogP contribution in [-0.2, 0) is 6.54 Å². The topological polar surface area (TPSA) is 68.4 Å². The quantitative estimate of drug-likeness (QED) is 0.595. The fraction of sp³-hybridized carbons (Fsp3) is 0.385. The summed E-state index contributed by atoms with van der Waals surface area (Å²) in [6.07, 6.45) is 2.21. The zero-order chi connectivity index (χ0) is 22.7. The number of carbonyl (C=O) groups is 1. The number of likely N-dealkylation sites (N-methyl/N-ethyl adjacent to an activating group) is 1. The highest BCUT2D eigenvalue weighted by atomic mass is 16.2. The Morgan fingerprint density at radius 3 is 2.72 bits per heavy atom. The van der Waals surface area contributed by atoms with E-state index >= 15 is 0 Å².